The maximum absolute atomic E-state index is 13.8. The zero-order valence-electron chi connectivity index (χ0n) is 22.2. The molecule has 0 heterocycles. The first kappa shape index (κ1) is 29.0. The van der Waals surface area contributed by atoms with Crippen molar-refractivity contribution in [1.29, 1.82) is 0 Å². The SMILES string of the molecule is O=C(NC1CCCCC1)C(Cc1ccccc1)N(Cc1cccc(Cl)c1)C(=O)CCCOc1ccc(Cl)cc1. The summed E-state index contributed by atoms with van der Waals surface area (Å²) in [6.45, 7) is 0.684. The second-order valence-electron chi connectivity index (χ2n) is 10.1. The van der Waals surface area contributed by atoms with Gasteiger partial charge in [-0.15, -0.1) is 0 Å². The number of halogens is 2. The van der Waals surface area contributed by atoms with Crippen LogP contribution in [0.1, 0.15) is 56.1 Å². The minimum atomic E-state index is -0.641. The first-order valence-electron chi connectivity index (χ1n) is 13.7. The summed E-state index contributed by atoms with van der Waals surface area (Å²) in [7, 11) is 0. The van der Waals surface area contributed by atoms with Crippen molar-refractivity contribution in [3.8, 4) is 5.75 Å². The van der Waals surface area contributed by atoms with Crippen LogP contribution in [0, 0.1) is 0 Å². The van der Waals surface area contributed by atoms with E-state index in [2.05, 4.69) is 5.32 Å². The van der Waals surface area contributed by atoms with Crippen molar-refractivity contribution in [2.45, 2.75) is 70.0 Å². The summed E-state index contributed by atoms with van der Waals surface area (Å²) >= 11 is 12.2. The van der Waals surface area contributed by atoms with Crippen LogP contribution in [0.15, 0.2) is 78.9 Å². The molecule has 1 unspecified atom stereocenters. The predicted octanol–water partition coefficient (Wildman–Crippen LogP) is 7.24. The Morgan fingerprint density at radius 2 is 1.59 bits per heavy atom. The number of carbonyl (C=O) groups is 2. The van der Waals surface area contributed by atoms with Gasteiger partial charge in [0.1, 0.15) is 11.8 Å². The molecule has 1 saturated carbocycles. The normalized spacial score (nSPS) is 14.4. The molecule has 2 amide bonds. The molecular formula is C32H36Cl2N2O3. The predicted molar refractivity (Wildman–Crippen MR) is 157 cm³/mol. The fourth-order valence-corrected chi connectivity index (χ4v) is 5.36. The Balaban J connectivity index is 1.51. The van der Waals surface area contributed by atoms with Crippen molar-refractivity contribution in [1.82, 2.24) is 10.2 Å². The third-order valence-electron chi connectivity index (χ3n) is 7.08. The molecule has 0 spiro atoms. The van der Waals surface area contributed by atoms with Gasteiger partial charge in [-0.3, -0.25) is 9.59 Å². The zero-order valence-corrected chi connectivity index (χ0v) is 23.7. The van der Waals surface area contributed by atoms with Crippen LogP contribution >= 0.6 is 23.2 Å². The molecule has 1 aliphatic carbocycles. The summed E-state index contributed by atoms with van der Waals surface area (Å²) in [5, 5.41) is 4.51. The number of ether oxygens (including phenoxy) is 1. The lowest BCUT2D eigenvalue weighted by Gasteiger charge is -2.33. The lowest BCUT2D eigenvalue weighted by Crippen LogP contribution is -2.52. The Bertz CT molecular complexity index is 1200. The molecule has 0 bridgehead atoms. The minimum absolute atomic E-state index is 0.0885. The third-order valence-corrected chi connectivity index (χ3v) is 7.57. The van der Waals surface area contributed by atoms with Crippen molar-refractivity contribution in [3.05, 3.63) is 100 Å². The molecule has 3 aromatic rings. The highest BCUT2D eigenvalue weighted by Crippen LogP contribution is 2.22. The fourth-order valence-electron chi connectivity index (χ4n) is 5.02. The van der Waals surface area contributed by atoms with E-state index in [1.54, 1.807) is 29.2 Å². The first-order valence-corrected chi connectivity index (χ1v) is 14.5. The lowest BCUT2D eigenvalue weighted by molar-refractivity contribution is -0.141. The molecule has 1 aliphatic rings. The summed E-state index contributed by atoms with van der Waals surface area (Å²) < 4.78 is 5.80. The summed E-state index contributed by atoms with van der Waals surface area (Å²) in [4.78, 5) is 29.3. The highest BCUT2D eigenvalue weighted by Gasteiger charge is 2.31. The monoisotopic (exact) mass is 566 g/mol. The molecule has 0 radical (unpaired) electrons. The molecule has 7 heteroatoms. The Kier molecular flexibility index (Phi) is 11.1. The van der Waals surface area contributed by atoms with Gasteiger partial charge in [0.2, 0.25) is 11.8 Å². The smallest absolute Gasteiger partial charge is 0.243 e. The van der Waals surface area contributed by atoms with Crippen LogP contribution in [0.2, 0.25) is 10.0 Å². The van der Waals surface area contributed by atoms with Gasteiger partial charge in [0, 0.05) is 35.5 Å². The van der Waals surface area contributed by atoms with Crippen LogP contribution in [0.25, 0.3) is 0 Å². The third kappa shape index (κ3) is 9.29. The quantitative estimate of drug-likeness (QED) is 0.235. The van der Waals surface area contributed by atoms with Crippen LogP contribution in [0.5, 0.6) is 5.75 Å². The minimum Gasteiger partial charge on any atom is -0.494 e. The first-order chi connectivity index (χ1) is 19.0. The zero-order chi connectivity index (χ0) is 27.5. The maximum Gasteiger partial charge on any atom is 0.243 e. The number of benzene rings is 3. The van der Waals surface area contributed by atoms with Gasteiger partial charge >= 0.3 is 0 Å². The summed E-state index contributed by atoms with van der Waals surface area (Å²) in [6, 6.07) is 24.0. The molecule has 0 aromatic heterocycles. The number of hydrogen-bond donors (Lipinski definition) is 1. The van der Waals surface area contributed by atoms with Gasteiger partial charge < -0.3 is 15.0 Å². The van der Waals surface area contributed by atoms with Gasteiger partial charge in [-0.1, -0.05) is 84.9 Å². The lowest BCUT2D eigenvalue weighted by atomic mass is 9.94. The molecule has 4 rings (SSSR count). The molecule has 0 saturated heterocycles. The summed E-state index contributed by atoms with van der Waals surface area (Å²) in [5.41, 5.74) is 1.90. The summed E-state index contributed by atoms with van der Waals surface area (Å²) in [6.07, 6.45) is 6.62. The number of rotatable bonds is 12. The molecule has 0 aliphatic heterocycles. The van der Waals surface area contributed by atoms with Crippen LogP contribution in [-0.2, 0) is 22.6 Å². The second-order valence-corrected chi connectivity index (χ2v) is 11.0. The molecule has 1 atom stereocenters. The number of nitrogens with zero attached hydrogens (tertiary/aromatic N) is 1. The largest absolute Gasteiger partial charge is 0.494 e. The Morgan fingerprint density at radius 1 is 0.872 bits per heavy atom. The van der Waals surface area contributed by atoms with Gasteiger partial charge in [0.25, 0.3) is 0 Å². The van der Waals surface area contributed by atoms with E-state index in [0.717, 1.165) is 36.8 Å². The van der Waals surface area contributed by atoms with Crippen LogP contribution in [-0.4, -0.2) is 35.4 Å². The van der Waals surface area contributed by atoms with Crippen molar-refractivity contribution in [2.24, 2.45) is 0 Å². The number of nitrogens with one attached hydrogen (secondary N) is 1. The van der Waals surface area contributed by atoms with Gasteiger partial charge in [0.05, 0.1) is 6.61 Å². The van der Waals surface area contributed by atoms with Crippen LogP contribution < -0.4 is 10.1 Å². The van der Waals surface area contributed by atoms with E-state index in [1.807, 2.05) is 54.6 Å². The van der Waals surface area contributed by atoms with Crippen LogP contribution in [0.3, 0.4) is 0 Å². The Hall–Kier alpha value is -3.02. The second kappa shape index (κ2) is 14.9. The van der Waals surface area contributed by atoms with E-state index in [-0.39, 0.29) is 24.3 Å². The molecule has 1 N–H and O–H groups in total. The molecular weight excluding hydrogens is 531 g/mol. The van der Waals surface area contributed by atoms with Crippen molar-refractivity contribution in [2.75, 3.05) is 6.61 Å². The van der Waals surface area contributed by atoms with E-state index >= 15 is 0 Å². The van der Waals surface area contributed by atoms with E-state index in [4.69, 9.17) is 27.9 Å². The number of hydrogen-bond acceptors (Lipinski definition) is 3. The summed E-state index contributed by atoms with van der Waals surface area (Å²) in [5.74, 6) is 0.518. The van der Waals surface area contributed by atoms with Gasteiger partial charge in [-0.2, -0.15) is 0 Å². The standard InChI is InChI=1S/C32H36Cl2N2O3/c33-26-16-18-29(19-17-26)39-20-8-15-31(37)36(23-25-11-7-12-27(34)21-25)30(22-24-9-3-1-4-10-24)32(38)35-28-13-5-2-6-14-28/h1,3-4,7,9-12,16-19,21,28,30H,2,5-6,8,13-15,20,22-23H2,(H,35,38). The van der Waals surface area contributed by atoms with Gasteiger partial charge in [-0.05, 0) is 66.8 Å². The van der Waals surface area contributed by atoms with Crippen molar-refractivity contribution >= 4 is 35.0 Å². The molecule has 206 valence electrons. The molecule has 39 heavy (non-hydrogen) atoms. The molecule has 5 nitrogen and oxygen atoms in total. The molecule has 1 fully saturated rings. The highest BCUT2D eigenvalue weighted by atomic mass is 35.5. The van der Waals surface area contributed by atoms with E-state index in [9.17, 15) is 9.59 Å². The average Bonchev–Trinajstić information content (AvgIpc) is 2.95. The fraction of sp³-hybridized carbons (Fsp3) is 0.375. The maximum atomic E-state index is 13.8. The van der Waals surface area contributed by atoms with E-state index in [0.29, 0.717) is 41.8 Å². The number of amides is 2. The van der Waals surface area contributed by atoms with Crippen molar-refractivity contribution < 1.29 is 14.3 Å². The van der Waals surface area contributed by atoms with E-state index in [1.165, 1.54) is 6.42 Å². The topological polar surface area (TPSA) is 58.6 Å². The highest BCUT2D eigenvalue weighted by molar-refractivity contribution is 6.30. The Morgan fingerprint density at radius 3 is 2.31 bits per heavy atom. The average molecular weight is 568 g/mol. The van der Waals surface area contributed by atoms with Crippen LogP contribution in [0.4, 0.5) is 0 Å². The number of carbonyl (C=O) groups excluding carboxylic acids is 2. The Labute approximate surface area is 241 Å². The van der Waals surface area contributed by atoms with Gasteiger partial charge in [0.15, 0.2) is 0 Å². The van der Waals surface area contributed by atoms with Crippen molar-refractivity contribution in [3.63, 3.8) is 0 Å². The molecule has 3 aromatic carbocycles. The van der Waals surface area contributed by atoms with E-state index < -0.39 is 6.04 Å². The van der Waals surface area contributed by atoms with Gasteiger partial charge in [-0.25, -0.2) is 0 Å².